The molecule has 0 saturated heterocycles. The second-order valence-corrected chi connectivity index (χ2v) is 3.44. The van der Waals surface area contributed by atoms with Gasteiger partial charge >= 0.3 is 0 Å². The van der Waals surface area contributed by atoms with Crippen LogP contribution in [0.25, 0.3) is 11.6 Å². The highest BCUT2D eigenvalue weighted by Crippen LogP contribution is 2.23. The number of rotatable bonds is 2. The van der Waals surface area contributed by atoms with Gasteiger partial charge < -0.3 is 9.14 Å². The molecular weight excluding hydrogens is 186 g/mol. The first-order chi connectivity index (χ1) is 7.26. The van der Waals surface area contributed by atoms with Crippen molar-refractivity contribution in [1.29, 1.82) is 0 Å². The molecule has 0 atom stereocenters. The number of nitrogens with zero attached hydrogens (tertiary/aromatic N) is 1. The van der Waals surface area contributed by atoms with Crippen LogP contribution in [-0.2, 0) is 0 Å². The molecule has 2 aromatic rings. The van der Waals surface area contributed by atoms with Crippen LogP contribution < -0.4 is 4.74 Å². The Bertz CT molecular complexity index is 545. The molecule has 15 heavy (non-hydrogen) atoms. The fourth-order valence-electron chi connectivity index (χ4n) is 1.71. The van der Waals surface area contributed by atoms with Crippen LogP contribution in [0.1, 0.15) is 11.1 Å². The highest BCUT2D eigenvalue weighted by Gasteiger charge is 2.04. The third-order valence-corrected chi connectivity index (χ3v) is 2.46. The Balaban J connectivity index is 2.74. The molecule has 76 valence electrons. The van der Waals surface area contributed by atoms with E-state index in [1.807, 2.05) is 31.3 Å². The van der Waals surface area contributed by atoms with Gasteiger partial charge in [-0.3, -0.25) is 0 Å². The number of hydrogen-bond donors (Lipinski definition) is 0. The summed E-state index contributed by atoms with van der Waals surface area (Å²) in [5.74, 6) is 0.903. The first kappa shape index (κ1) is 9.63. The molecule has 0 amide bonds. The van der Waals surface area contributed by atoms with Gasteiger partial charge in [0.25, 0.3) is 0 Å². The molecule has 0 unspecified atom stereocenters. The second-order valence-electron chi connectivity index (χ2n) is 3.44. The van der Waals surface area contributed by atoms with Crippen molar-refractivity contribution in [2.24, 2.45) is 0 Å². The van der Waals surface area contributed by atoms with Gasteiger partial charge in [-0.1, -0.05) is 6.58 Å². The van der Waals surface area contributed by atoms with E-state index in [4.69, 9.17) is 4.74 Å². The Kier molecular flexibility index (Phi) is 2.36. The average Bonchev–Trinajstić information content (AvgIpc) is 2.60. The van der Waals surface area contributed by atoms with Crippen LogP contribution in [0.4, 0.5) is 0 Å². The van der Waals surface area contributed by atoms with Gasteiger partial charge in [0.1, 0.15) is 5.75 Å². The number of hydrogen-bond acceptors (Lipinski definition) is 1. The third-order valence-electron chi connectivity index (χ3n) is 2.46. The number of aromatic nitrogens is 1. The zero-order valence-electron chi connectivity index (χ0n) is 8.95. The zero-order valence-corrected chi connectivity index (χ0v) is 8.95. The van der Waals surface area contributed by atoms with Crippen molar-refractivity contribution in [2.45, 2.75) is 6.92 Å². The summed E-state index contributed by atoms with van der Waals surface area (Å²) in [7, 11) is 1.69. The molecule has 2 nitrogen and oxygen atoms in total. The van der Waals surface area contributed by atoms with Gasteiger partial charge in [0.2, 0.25) is 0 Å². The van der Waals surface area contributed by atoms with E-state index < -0.39 is 0 Å². The van der Waals surface area contributed by atoms with Gasteiger partial charge in [0.15, 0.2) is 0 Å². The van der Waals surface area contributed by atoms with Crippen molar-refractivity contribution in [3.8, 4) is 5.75 Å². The van der Waals surface area contributed by atoms with Gasteiger partial charge in [-0.15, -0.1) is 5.73 Å². The molecule has 0 aliphatic carbocycles. The maximum atomic E-state index is 5.29. The van der Waals surface area contributed by atoms with Crippen molar-refractivity contribution < 1.29 is 4.74 Å². The predicted molar refractivity (Wildman–Crippen MR) is 62.3 cm³/mol. The first-order valence-electron chi connectivity index (χ1n) is 4.77. The molecular formula is C13H13NO. The number of pyridine rings is 1. The number of fused-ring (bicyclic) bond motifs is 1. The van der Waals surface area contributed by atoms with Crippen molar-refractivity contribution in [3.63, 3.8) is 0 Å². The van der Waals surface area contributed by atoms with E-state index in [0.29, 0.717) is 0 Å². The van der Waals surface area contributed by atoms with Crippen molar-refractivity contribution in [3.05, 3.63) is 48.0 Å². The van der Waals surface area contributed by atoms with E-state index in [2.05, 4.69) is 22.9 Å². The summed E-state index contributed by atoms with van der Waals surface area (Å²) < 4.78 is 7.36. The minimum atomic E-state index is 0.903. The fraction of sp³-hybridized carbons (Fsp3) is 0.154. The highest BCUT2D eigenvalue weighted by atomic mass is 16.5. The van der Waals surface area contributed by atoms with Gasteiger partial charge in [-0.05, 0) is 19.1 Å². The SMILES string of the molecule is C=C=Cc1ccn2cc(C)c(OC)cc12. The smallest absolute Gasteiger partial charge is 0.125 e. The lowest BCUT2D eigenvalue weighted by molar-refractivity contribution is 0.411. The standard InChI is InChI=1S/C13H13NO/c1-4-5-11-6-7-14-9-10(2)13(15-3)8-12(11)14/h5-9H,1H2,2-3H3. The molecule has 2 rings (SSSR count). The van der Waals surface area contributed by atoms with Crippen LogP contribution in [0.5, 0.6) is 5.75 Å². The Morgan fingerprint density at radius 3 is 3.00 bits per heavy atom. The summed E-state index contributed by atoms with van der Waals surface area (Å²) in [6, 6.07) is 4.06. The lowest BCUT2D eigenvalue weighted by Gasteiger charge is -2.06. The van der Waals surface area contributed by atoms with Crippen LogP contribution >= 0.6 is 0 Å². The van der Waals surface area contributed by atoms with Crippen LogP contribution in [0, 0.1) is 6.92 Å². The van der Waals surface area contributed by atoms with E-state index in [0.717, 1.165) is 22.4 Å². The summed E-state index contributed by atoms with van der Waals surface area (Å²) in [5.41, 5.74) is 6.11. The predicted octanol–water partition coefficient (Wildman–Crippen LogP) is 3.05. The quantitative estimate of drug-likeness (QED) is 0.678. The molecule has 0 aliphatic heterocycles. The van der Waals surface area contributed by atoms with Gasteiger partial charge in [0.05, 0.1) is 12.6 Å². The van der Waals surface area contributed by atoms with Crippen molar-refractivity contribution >= 4 is 11.6 Å². The third kappa shape index (κ3) is 1.56. The molecule has 0 aliphatic rings. The van der Waals surface area contributed by atoms with Crippen LogP contribution in [0.2, 0.25) is 0 Å². The molecule has 0 radical (unpaired) electrons. The Morgan fingerprint density at radius 1 is 1.53 bits per heavy atom. The van der Waals surface area contributed by atoms with Crippen LogP contribution in [0.3, 0.4) is 0 Å². The van der Waals surface area contributed by atoms with Gasteiger partial charge in [-0.2, -0.15) is 0 Å². The topological polar surface area (TPSA) is 13.6 Å². The summed E-state index contributed by atoms with van der Waals surface area (Å²) in [6.45, 7) is 5.61. The van der Waals surface area contributed by atoms with E-state index in [9.17, 15) is 0 Å². The zero-order chi connectivity index (χ0) is 10.8. The Labute approximate surface area is 89.1 Å². The van der Waals surface area contributed by atoms with E-state index in [1.165, 1.54) is 0 Å². The molecule has 2 heterocycles. The molecule has 2 heteroatoms. The molecule has 0 N–H and O–H groups in total. The molecule has 0 aromatic carbocycles. The summed E-state index contributed by atoms with van der Waals surface area (Å²) in [6.07, 6.45) is 5.93. The summed E-state index contributed by atoms with van der Waals surface area (Å²) in [4.78, 5) is 0. The lowest BCUT2D eigenvalue weighted by atomic mass is 10.2. The van der Waals surface area contributed by atoms with Crippen LogP contribution in [-0.4, -0.2) is 11.5 Å². The fourth-order valence-corrected chi connectivity index (χ4v) is 1.71. The van der Waals surface area contributed by atoms with Crippen LogP contribution in [0.15, 0.2) is 36.8 Å². The number of methoxy groups -OCH3 is 1. The highest BCUT2D eigenvalue weighted by molar-refractivity contribution is 5.71. The summed E-state index contributed by atoms with van der Waals surface area (Å²) >= 11 is 0. The number of aryl methyl sites for hydroxylation is 1. The average molecular weight is 199 g/mol. The largest absolute Gasteiger partial charge is 0.496 e. The first-order valence-corrected chi connectivity index (χ1v) is 4.77. The van der Waals surface area contributed by atoms with E-state index >= 15 is 0 Å². The Morgan fingerprint density at radius 2 is 2.33 bits per heavy atom. The van der Waals surface area contributed by atoms with Crippen molar-refractivity contribution in [1.82, 2.24) is 4.40 Å². The van der Waals surface area contributed by atoms with Crippen molar-refractivity contribution in [2.75, 3.05) is 7.11 Å². The maximum absolute atomic E-state index is 5.29. The minimum absolute atomic E-state index is 0.903. The second kappa shape index (κ2) is 3.68. The minimum Gasteiger partial charge on any atom is -0.496 e. The molecule has 0 fully saturated rings. The maximum Gasteiger partial charge on any atom is 0.125 e. The molecule has 0 saturated carbocycles. The monoisotopic (exact) mass is 199 g/mol. The van der Waals surface area contributed by atoms with Gasteiger partial charge in [0, 0.05) is 29.6 Å². The molecule has 0 bridgehead atoms. The Hall–Kier alpha value is -1.92. The van der Waals surface area contributed by atoms with Gasteiger partial charge in [-0.25, -0.2) is 0 Å². The van der Waals surface area contributed by atoms with E-state index in [-0.39, 0.29) is 0 Å². The molecule has 0 spiro atoms. The number of ether oxygens (including phenoxy) is 1. The normalized spacial score (nSPS) is 10.0. The lowest BCUT2D eigenvalue weighted by Crippen LogP contribution is -1.91. The summed E-state index contributed by atoms with van der Waals surface area (Å²) in [5, 5.41) is 0. The molecule has 2 aromatic heterocycles. The van der Waals surface area contributed by atoms with E-state index in [1.54, 1.807) is 7.11 Å².